The Bertz CT molecular complexity index is 1090. The molecule has 0 saturated carbocycles. The number of rotatable bonds is 4. The molecule has 1 aromatic heterocycles. The van der Waals surface area contributed by atoms with Crippen LogP contribution in [0.2, 0.25) is 0 Å². The van der Waals surface area contributed by atoms with Gasteiger partial charge in [0.15, 0.2) is 11.5 Å². The van der Waals surface area contributed by atoms with Crippen molar-refractivity contribution in [3.8, 4) is 0 Å². The average Bonchev–Trinajstić information content (AvgIpc) is 2.60. The summed E-state index contributed by atoms with van der Waals surface area (Å²) in [6, 6.07) is 11.7. The molecule has 0 radical (unpaired) electrons. The van der Waals surface area contributed by atoms with Crippen molar-refractivity contribution in [2.75, 3.05) is 12.1 Å². The van der Waals surface area contributed by atoms with Gasteiger partial charge in [-0.3, -0.25) is 5.01 Å². The molecule has 0 atom stereocenters. The van der Waals surface area contributed by atoms with Gasteiger partial charge in [-0.25, -0.2) is 18.4 Å². The van der Waals surface area contributed by atoms with E-state index < -0.39 is 27.7 Å². The molecule has 3 rings (SSSR count). The fourth-order valence-corrected chi connectivity index (χ4v) is 3.62. The van der Waals surface area contributed by atoms with Gasteiger partial charge in [-0.2, -0.15) is 13.2 Å². The molecule has 0 bridgehead atoms. The van der Waals surface area contributed by atoms with Gasteiger partial charge >= 0.3 is 6.18 Å². The largest absolute Gasteiger partial charge is 0.437 e. The molecule has 0 aliphatic heterocycles. The molecule has 11 heteroatoms. The number of benzene rings is 2. The highest BCUT2D eigenvalue weighted by Crippen LogP contribution is 2.34. The molecule has 2 aromatic carbocycles. The Morgan fingerprint density at radius 1 is 1.00 bits per heavy atom. The normalized spacial score (nSPS) is 12.3. The quantitative estimate of drug-likeness (QED) is 0.600. The molecule has 6 nitrogen and oxygen atoms in total. The summed E-state index contributed by atoms with van der Waals surface area (Å²) in [7, 11) is -2.99. The number of aromatic nitrogens is 2. The van der Waals surface area contributed by atoms with Gasteiger partial charge in [0.05, 0.1) is 15.9 Å². The van der Waals surface area contributed by atoms with Crippen LogP contribution in [0.25, 0.3) is 11.0 Å². The van der Waals surface area contributed by atoms with Gasteiger partial charge < -0.3 is 0 Å². The van der Waals surface area contributed by atoms with Gasteiger partial charge in [-0.05, 0) is 36.4 Å². The van der Waals surface area contributed by atoms with Crippen LogP contribution in [0.15, 0.2) is 57.9 Å². The molecule has 0 spiro atoms. The molecule has 142 valence electrons. The molecule has 0 aliphatic carbocycles. The number of hydrogen-bond donors (Lipinski definition) is 1. The van der Waals surface area contributed by atoms with Crippen molar-refractivity contribution in [2.24, 2.45) is 0 Å². The van der Waals surface area contributed by atoms with Gasteiger partial charge in [0.25, 0.3) is 10.0 Å². The van der Waals surface area contributed by atoms with Crippen LogP contribution >= 0.6 is 15.9 Å². The van der Waals surface area contributed by atoms with E-state index in [0.29, 0.717) is 9.48 Å². The van der Waals surface area contributed by atoms with Crippen LogP contribution in [0.5, 0.6) is 0 Å². The molecule has 1 heterocycles. The van der Waals surface area contributed by atoms with Crippen LogP contribution in [0.3, 0.4) is 0 Å². The molecule has 27 heavy (non-hydrogen) atoms. The van der Waals surface area contributed by atoms with Crippen LogP contribution in [0, 0.1) is 0 Å². The number of alkyl halides is 3. The van der Waals surface area contributed by atoms with Crippen molar-refractivity contribution < 1.29 is 21.6 Å². The standard InChI is InChI=1S/C16H12BrF3N4O2S/c1-24(23-27(25,26)11-8-6-10(17)7-9-11)15-14(16(18,19)20)21-12-4-2-3-5-13(12)22-15/h2-9,23H,1H3. The first-order chi connectivity index (χ1) is 12.6. The molecule has 0 unspecified atom stereocenters. The van der Waals surface area contributed by atoms with Gasteiger partial charge in [0.2, 0.25) is 0 Å². The number of nitrogens with zero attached hydrogens (tertiary/aromatic N) is 3. The molecule has 0 fully saturated rings. The predicted octanol–water partition coefficient (Wildman–Crippen LogP) is 3.74. The summed E-state index contributed by atoms with van der Waals surface area (Å²) in [5.41, 5.74) is -1.03. The van der Waals surface area contributed by atoms with Crippen molar-refractivity contribution in [1.29, 1.82) is 0 Å². The summed E-state index contributed by atoms with van der Waals surface area (Å²) in [6.45, 7) is 0. The van der Waals surface area contributed by atoms with Crippen molar-refractivity contribution >= 4 is 42.8 Å². The third kappa shape index (κ3) is 4.20. The summed E-state index contributed by atoms with van der Waals surface area (Å²) in [6.07, 6.45) is -4.82. The summed E-state index contributed by atoms with van der Waals surface area (Å²) in [5, 5.41) is 0.694. The van der Waals surface area contributed by atoms with Gasteiger partial charge in [0, 0.05) is 11.5 Å². The summed E-state index contributed by atoms with van der Waals surface area (Å²) in [4.78, 5) is 9.52. The van der Waals surface area contributed by atoms with E-state index in [0.717, 1.165) is 7.05 Å². The maximum absolute atomic E-state index is 13.4. The number of nitrogens with one attached hydrogen (secondary N) is 1. The second-order valence-corrected chi connectivity index (χ2v) is 8.07. The lowest BCUT2D eigenvalue weighted by molar-refractivity contribution is -0.140. The zero-order valence-corrected chi connectivity index (χ0v) is 16.1. The lowest BCUT2D eigenvalue weighted by atomic mass is 10.2. The Balaban J connectivity index is 2.04. The third-order valence-electron chi connectivity index (χ3n) is 3.52. The van der Waals surface area contributed by atoms with E-state index in [1.54, 1.807) is 6.07 Å². The molecule has 0 amide bonds. The highest BCUT2D eigenvalue weighted by molar-refractivity contribution is 9.10. The topological polar surface area (TPSA) is 75.2 Å². The monoisotopic (exact) mass is 460 g/mol. The Hall–Kier alpha value is -2.24. The lowest BCUT2D eigenvalue weighted by Crippen LogP contribution is -2.41. The molecule has 1 N–H and O–H groups in total. The fourth-order valence-electron chi connectivity index (χ4n) is 2.30. The molecule has 3 aromatic rings. The summed E-state index contributed by atoms with van der Waals surface area (Å²) < 4.78 is 65.8. The Morgan fingerprint density at radius 3 is 2.11 bits per heavy atom. The third-order valence-corrected chi connectivity index (χ3v) is 5.46. The second-order valence-electron chi connectivity index (χ2n) is 5.49. The molecular formula is C16H12BrF3N4O2S. The van der Waals surface area contributed by atoms with Crippen molar-refractivity contribution in [3.63, 3.8) is 0 Å². The number of para-hydroxylation sites is 2. The predicted molar refractivity (Wildman–Crippen MR) is 97.4 cm³/mol. The minimum absolute atomic E-state index is 0.0535. The highest BCUT2D eigenvalue weighted by atomic mass is 79.9. The zero-order chi connectivity index (χ0) is 19.8. The van der Waals surface area contributed by atoms with E-state index >= 15 is 0 Å². The number of hydrogen-bond acceptors (Lipinski definition) is 5. The van der Waals surface area contributed by atoms with Crippen LogP contribution in [0.1, 0.15) is 5.69 Å². The fraction of sp³-hybridized carbons (Fsp3) is 0.125. The van der Waals surface area contributed by atoms with E-state index in [1.165, 1.54) is 42.5 Å². The second kappa shape index (κ2) is 7.06. The maximum Gasteiger partial charge on any atom is 0.437 e. The van der Waals surface area contributed by atoms with E-state index in [2.05, 4.69) is 30.7 Å². The van der Waals surface area contributed by atoms with Crippen molar-refractivity contribution in [1.82, 2.24) is 14.8 Å². The summed E-state index contributed by atoms with van der Waals surface area (Å²) >= 11 is 3.19. The Kier molecular flexibility index (Phi) is 5.10. The number of hydrazine groups is 1. The summed E-state index contributed by atoms with van der Waals surface area (Å²) in [5.74, 6) is -0.651. The van der Waals surface area contributed by atoms with Crippen LogP contribution in [-0.4, -0.2) is 25.4 Å². The van der Waals surface area contributed by atoms with E-state index in [4.69, 9.17) is 0 Å². The van der Waals surface area contributed by atoms with Crippen molar-refractivity contribution in [2.45, 2.75) is 11.1 Å². The first-order valence-electron chi connectivity index (χ1n) is 7.44. The van der Waals surface area contributed by atoms with Gasteiger partial charge in [-0.1, -0.05) is 28.1 Å². The van der Waals surface area contributed by atoms with Gasteiger partial charge in [0.1, 0.15) is 0 Å². The molecule has 0 saturated heterocycles. The Labute approximate surface area is 161 Å². The number of halogens is 4. The van der Waals surface area contributed by atoms with E-state index in [-0.39, 0.29) is 15.9 Å². The van der Waals surface area contributed by atoms with Crippen molar-refractivity contribution in [3.05, 3.63) is 58.7 Å². The van der Waals surface area contributed by atoms with E-state index in [1.807, 2.05) is 0 Å². The van der Waals surface area contributed by atoms with Crippen LogP contribution in [0.4, 0.5) is 19.0 Å². The van der Waals surface area contributed by atoms with Gasteiger partial charge in [-0.15, -0.1) is 4.83 Å². The number of fused-ring (bicyclic) bond motifs is 1. The minimum Gasteiger partial charge on any atom is -0.280 e. The number of sulfonamides is 1. The first kappa shape index (κ1) is 19.5. The lowest BCUT2D eigenvalue weighted by Gasteiger charge is -2.22. The highest BCUT2D eigenvalue weighted by Gasteiger charge is 2.38. The van der Waals surface area contributed by atoms with Crippen LogP contribution in [-0.2, 0) is 16.2 Å². The zero-order valence-electron chi connectivity index (χ0n) is 13.7. The average molecular weight is 461 g/mol. The SMILES string of the molecule is CN(NS(=O)(=O)c1ccc(Br)cc1)c1nc2ccccc2nc1C(F)(F)F. The Morgan fingerprint density at radius 2 is 1.56 bits per heavy atom. The number of anilines is 1. The smallest absolute Gasteiger partial charge is 0.280 e. The first-order valence-corrected chi connectivity index (χ1v) is 9.71. The van der Waals surface area contributed by atoms with E-state index in [9.17, 15) is 21.6 Å². The minimum atomic E-state index is -4.82. The molecule has 0 aliphatic rings. The van der Waals surface area contributed by atoms with Crippen LogP contribution < -0.4 is 9.84 Å². The maximum atomic E-state index is 13.4. The molecular weight excluding hydrogens is 449 g/mol.